The second kappa shape index (κ2) is 8.57. The van der Waals surface area contributed by atoms with Crippen LogP contribution in [0.4, 0.5) is 0 Å². The lowest BCUT2D eigenvalue weighted by molar-refractivity contribution is 0.885. The summed E-state index contributed by atoms with van der Waals surface area (Å²) >= 11 is 1.68. The minimum atomic E-state index is 0.803. The molecule has 0 amide bonds. The summed E-state index contributed by atoms with van der Waals surface area (Å²) in [5.74, 6) is 1.61. The van der Waals surface area contributed by atoms with E-state index in [1.165, 1.54) is 11.1 Å². The van der Waals surface area contributed by atoms with Crippen molar-refractivity contribution in [2.45, 2.75) is 17.8 Å². The Bertz CT molecular complexity index is 1280. The summed E-state index contributed by atoms with van der Waals surface area (Å²) in [6, 6.07) is 20.6. The smallest absolute Gasteiger partial charge is 0.196 e. The molecule has 152 valence electrons. The number of rotatable bonds is 6. The summed E-state index contributed by atoms with van der Waals surface area (Å²) in [6.07, 6.45) is 9.10. The van der Waals surface area contributed by atoms with Gasteiger partial charge in [-0.3, -0.25) is 9.55 Å². The van der Waals surface area contributed by atoms with Gasteiger partial charge in [0.25, 0.3) is 0 Å². The number of nitrogens with zero attached hydrogens (tertiary/aromatic N) is 6. The molecule has 0 radical (unpaired) electrons. The third kappa shape index (κ3) is 4.00. The van der Waals surface area contributed by atoms with Crippen LogP contribution in [0.15, 0.2) is 96.9 Å². The maximum Gasteiger partial charge on any atom is 0.196 e. The lowest BCUT2D eigenvalue weighted by Crippen LogP contribution is -2.00. The van der Waals surface area contributed by atoms with E-state index in [2.05, 4.69) is 62.0 Å². The highest BCUT2D eigenvalue weighted by molar-refractivity contribution is 7.98. The van der Waals surface area contributed by atoms with E-state index < -0.39 is 0 Å². The molecule has 3 heterocycles. The molecule has 0 N–H and O–H groups in total. The summed E-state index contributed by atoms with van der Waals surface area (Å²) in [5, 5.41) is 9.87. The maximum atomic E-state index is 4.51. The Morgan fingerprint density at radius 2 is 1.68 bits per heavy atom. The molecule has 0 aliphatic rings. The molecule has 7 heteroatoms. The molecule has 0 saturated heterocycles. The number of hydrogen-bond acceptors (Lipinski definition) is 5. The van der Waals surface area contributed by atoms with Crippen LogP contribution in [-0.4, -0.2) is 29.3 Å². The Hall–Kier alpha value is -3.71. The van der Waals surface area contributed by atoms with E-state index in [-0.39, 0.29) is 0 Å². The van der Waals surface area contributed by atoms with E-state index in [4.69, 9.17) is 0 Å². The second-order valence-electron chi connectivity index (χ2n) is 7.08. The van der Waals surface area contributed by atoms with Crippen LogP contribution >= 0.6 is 11.8 Å². The van der Waals surface area contributed by atoms with Gasteiger partial charge in [-0.15, -0.1) is 10.2 Å². The Balaban J connectivity index is 1.45. The van der Waals surface area contributed by atoms with Crippen molar-refractivity contribution >= 4 is 11.8 Å². The van der Waals surface area contributed by atoms with Crippen LogP contribution in [0.2, 0.25) is 0 Å². The molecule has 0 fully saturated rings. The van der Waals surface area contributed by atoms with Crippen molar-refractivity contribution in [1.29, 1.82) is 0 Å². The zero-order chi connectivity index (χ0) is 21.0. The molecular formula is C24H20N6S. The van der Waals surface area contributed by atoms with Gasteiger partial charge in [0, 0.05) is 47.5 Å². The number of para-hydroxylation sites is 1. The minimum Gasteiger partial charge on any atom is -0.306 e. The Morgan fingerprint density at radius 3 is 2.42 bits per heavy atom. The van der Waals surface area contributed by atoms with Crippen LogP contribution in [0.5, 0.6) is 0 Å². The van der Waals surface area contributed by atoms with Crippen molar-refractivity contribution in [2.75, 3.05) is 0 Å². The lowest BCUT2D eigenvalue weighted by Gasteiger charge is -2.12. The lowest BCUT2D eigenvalue weighted by atomic mass is 10.1. The van der Waals surface area contributed by atoms with E-state index in [1.807, 2.05) is 47.4 Å². The van der Waals surface area contributed by atoms with Gasteiger partial charge in [-0.1, -0.05) is 36.0 Å². The van der Waals surface area contributed by atoms with Gasteiger partial charge in [-0.2, -0.15) is 0 Å². The van der Waals surface area contributed by atoms with E-state index in [1.54, 1.807) is 30.4 Å². The van der Waals surface area contributed by atoms with Gasteiger partial charge >= 0.3 is 0 Å². The first-order chi connectivity index (χ1) is 15.3. The van der Waals surface area contributed by atoms with Gasteiger partial charge in [0.05, 0.1) is 6.33 Å². The zero-order valence-corrected chi connectivity index (χ0v) is 17.8. The molecule has 5 rings (SSSR count). The maximum absolute atomic E-state index is 4.51. The normalized spacial score (nSPS) is 11.0. The van der Waals surface area contributed by atoms with Gasteiger partial charge in [0.15, 0.2) is 11.0 Å². The van der Waals surface area contributed by atoms with Crippen molar-refractivity contribution in [3.8, 4) is 22.8 Å². The van der Waals surface area contributed by atoms with Crippen LogP contribution < -0.4 is 0 Å². The number of aromatic nitrogens is 6. The van der Waals surface area contributed by atoms with E-state index in [0.29, 0.717) is 0 Å². The minimum absolute atomic E-state index is 0.803. The summed E-state index contributed by atoms with van der Waals surface area (Å²) in [6.45, 7) is 2.14. The Kier molecular flexibility index (Phi) is 5.33. The monoisotopic (exact) mass is 424 g/mol. The molecular weight excluding hydrogens is 404 g/mol. The first kappa shape index (κ1) is 19.3. The average Bonchev–Trinajstić information content (AvgIpc) is 3.50. The van der Waals surface area contributed by atoms with Gasteiger partial charge in [-0.05, 0) is 54.4 Å². The number of thioether (sulfide) groups is 1. The third-order valence-electron chi connectivity index (χ3n) is 5.07. The standard InChI is InChI=1S/C24H20N6S/c1-18-15-22(29-14-13-26-17-29)8-7-20(18)16-31-24-28-27-23(19-9-11-25-12-10-19)30(24)21-5-3-2-4-6-21/h2-15,17H,16H2,1H3. The van der Waals surface area contributed by atoms with Gasteiger partial charge in [-0.25, -0.2) is 4.98 Å². The molecule has 2 aromatic carbocycles. The van der Waals surface area contributed by atoms with Crippen molar-refractivity contribution in [3.05, 3.63) is 103 Å². The van der Waals surface area contributed by atoms with Crippen LogP contribution in [-0.2, 0) is 5.75 Å². The molecule has 0 spiro atoms. The summed E-state index contributed by atoms with van der Waals surface area (Å²) in [5.41, 5.74) is 5.63. The fraction of sp³-hybridized carbons (Fsp3) is 0.0833. The van der Waals surface area contributed by atoms with Crippen molar-refractivity contribution in [2.24, 2.45) is 0 Å². The van der Waals surface area contributed by atoms with E-state index >= 15 is 0 Å². The van der Waals surface area contributed by atoms with Crippen LogP contribution in [0.25, 0.3) is 22.8 Å². The summed E-state index contributed by atoms with van der Waals surface area (Å²) in [7, 11) is 0. The highest BCUT2D eigenvalue weighted by Crippen LogP contribution is 2.30. The van der Waals surface area contributed by atoms with Crippen molar-refractivity contribution < 1.29 is 0 Å². The van der Waals surface area contributed by atoms with Crippen LogP contribution in [0.1, 0.15) is 11.1 Å². The average molecular weight is 425 g/mol. The van der Waals surface area contributed by atoms with Crippen LogP contribution in [0.3, 0.4) is 0 Å². The largest absolute Gasteiger partial charge is 0.306 e. The number of pyridine rings is 1. The topological polar surface area (TPSA) is 61.4 Å². The quantitative estimate of drug-likeness (QED) is 0.354. The first-order valence-corrected chi connectivity index (χ1v) is 10.9. The molecule has 0 bridgehead atoms. The zero-order valence-electron chi connectivity index (χ0n) is 17.0. The molecule has 31 heavy (non-hydrogen) atoms. The molecule has 3 aromatic heterocycles. The molecule has 0 saturated carbocycles. The number of imidazole rings is 1. The molecule has 5 aromatic rings. The summed E-state index contributed by atoms with van der Waals surface area (Å²) in [4.78, 5) is 8.25. The van der Waals surface area contributed by atoms with Crippen molar-refractivity contribution in [1.82, 2.24) is 29.3 Å². The van der Waals surface area contributed by atoms with Crippen molar-refractivity contribution in [3.63, 3.8) is 0 Å². The SMILES string of the molecule is Cc1cc(-n2ccnc2)ccc1CSc1nnc(-c2ccncc2)n1-c1ccccc1. The molecule has 0 unspecified atom stereocenters. The predicted octanol–water partition coefficient (Wildman–Crippen LogP) is 5.12. The van der Waals surface area contributed by atoms with E-state index in [9.17, 15) is 0 Å². The molecule has 6 nitrogen and oxygen atoms in total. The summed E-state index contributed by atoms with van der Waals surface area (Å²) < 4.78 is 4.12. The fourth-order valence-electron chi connectivity index (χ4n) is 3.42. The third-order valence-corrected chi connectivity index (χ3v) is 6.05. The van der Waals surface area contributed by atoms with Gasteiger partial charge < -0.3 is 4.57 Å². The molecule has 0 aliphatic carbocycles. The number of hydrogen-bond donors (Lipinski definition) is 0. The molecule has 0 aliphatic heterocycles. The van der Waals surface area contributed by atoms with Crippen LogP contribution in [0, 0.1) is 6.92 Å². The number of benzene rings is 2. The van der Waals surface area contributed by atoms with E-state index in [0.717, 1.165) is 33.7 Å². The second-order valence-corrected chi connectivity index (χ2v) is 8.02. The number of aryl methyl sites for hydroxylation is 1. The Labute approximate surface area is 184 Å². The predicted molar refractivity (Wildman–Crippen MR) is 122 cm³/mol. The fourth-order valence-corrected chi connectivity index (χ4v) is 4.45. The van der Waals surface area contributed by atoms with Gasteiger partial charge in [0.1, 0.15) is 0 Å². The molecule has 0 atom stereocenters. The highest BCUT2D eigenvalue weighted by Gasteiger charge is 2.16. The highest BCUT2D eigenvalue weighted by atomic mass is 32.2. The Morgan fingerprint density at radius 1 is 0.839 bits per heavy atom. The van der Waals surface area contributed by atoms with Gasteiger partial charge in [0.2, 0.25) is 0 Å². The first-order valence-electron chi connectivity index (χ1n) is 9.91.